The number of carbonyl (C=O) groups is 1. The molecule has 0 spiro atoms. The molecule has 1 aromatic heterocycles. The summed E-state index contributed by atoms with van der Waals surface area (Å²) in [5, 5.41) is 6.00. The number of halogens is 1. The predicted molar refractivity (Wildman–Crippen MR) is 76.0 cm³/mol. The molecule has 17 heavy (non-hydrogen) atoms. The first-order chi connectivity index (χ1) is 8.03. The summed E-state index contributed by atoms with van der Waals surface area (Å²) in [6, 6.07) is 2.12. The lowest BCUT2D eigenvalue weighted by Gasteiger charge is -2.28. The Morgan fingerprint density at radius 1 is 1.65 bits per heavy atom. The van der Waals surface area contributed by atoms with Gasteiger partial charge in [0.1, 0.15) is 0 Å². The maximum atomic E-state index is 12.3. The zero-order valence-corrected chi connectivity index (χ0v) is 12.7. The second-order valence-electron chi connectivity index (χ2n) is 5.25. The van der Waals surface area contributed by atoms with Gasteiger partial charge in [0, 0.05) is 15.7 Å². The Morgan fingerprint density at radius 3 is 3.12 bits per heavy atom. The van der Waals surface area contributed by atoms with E-state index in [1.54, 1.807) is 11.3 Å². The van der Waals surface area contributed by atoms with E-state index in [4.69, 9.17) is 0 Å². The molecule has 1 aliphatic carbocycles. The number of amides is 1. The Labute approximate surface area is 115 Å². The third-order valence-corrected chi connectivity index (χ3v) is 5.56. The number of thiophene rings is 1. The highest BCUT2D eigenvalue weighted by atomic mass is 79.9. The van der Waals surface area contributed by atoms with Crippen LogP contribution in [0.15, 0.2) is 11.4 Å². The van der Waals surface area contributed by atoms with Crippen LogP contribution in [0.4, 0.5) is 0 Å². The molecule has 2 rings (SSSR count). The predicted octanol–water partition coefficient (Wildman–Crippen LogP) is 3.46. The number of carbonyl (C=O) groups excluding carboxylic acids is 1. The van der Waals surface area contributed by atoms with E-state index in [0.717, 1.165) is 24.6 Å². The van der Waals surface area contributed by atoms with E-state index in [0.29, 0.717) is 0 Å². The highest BCUT2D eigenvalue weighted by molar-refractivity contribution is 9.09. The van der Waals surface area contributed by atoms with E-state index in [9.17, 15) is 4.79 Å². The molecule has 0 radical (unpaired) electrons. The van der Waals surface area contributed by atoms with Gasteiger partial charge in [-0.3, -0.25) is 4.79 Å². The van der Waals surface area contributed by atoms with E-state index in [1.165, 1.54) is 10.4 Å². The van der Waals surface area contributed by atoms with Gasteiger partial charge in [0.05, 0.1) is 5.92 Å². The maximum Gasteiger partial charge on any atom is 0.228 e. The SMILES string of the molecule is CC(C)(CBr)NC(=O)C1CCCc2sccc21. The van der Waals surface area contributed by atoms with Crippen LogP contribution in [0.5, 0.6) is 0 Å². The van der Waals surface area contributed by atoms with E-state index in [2.05, 4.69) is 32.7 Å². The number of aryl methyl sites for hydroxylation is 1. The van der Waals surface area contributed by atoms with Crippen molar-refractivity contribution in [2.75, 3.05) is 5.33 Å². The first-order valence-corrected chi connectivity index (χ1v) is 7.98. The molecule has 4 heteroatoms. The van der Waals surface area contributed by atoms with Crippen LogP contribution in [-0.2, 0) is 11.2 Å². The quantitative estimate of drug-likeness (QED) is 0.850. The lowest BCUT2D eigenvalue weighted by atomic mass is 9.86. The Balaban J connectivity index is 2.12. The van der Waals surface area contributed by atoms with Crippen molar-refractivity contribution in [2.24, 2.45) is 0 Å². The van der Waals surface area contributed by atoms with Gasteiger partial charge in [-0.2, -0.15) is 0 Å². The molecule has 1 heterocycles. The average Bonchev–Trinajstić information content (AvgIpc) is 2.76. The topological polar surface area (TPSA) is 29.1 Å². The maximum absolute atomic E-state index is 12.3. The van der Waals surface area contributed by atoms with Gasteiger partial charge in [0.15, 0.2) is 0 Å². The second kappa shape index (κ2) is 5.11. The van der Waals surface area contributed by atoms with E-state index in [-0.39, 0.29) is 17.4 Å². The highest BCUT2D eigenvalue weighted by Gasteiger charge is 2.30. The Kier molecular flexibility index (Phi) is 3.93. The third kappa shape index (κ3) is 2.91. The minimum atomic E-state index is -0.176. The van der Waals surface area contributed by atoms with Gasteiger partial charge in [-0.05, 0) is 50.1 Å². The van der Waals surface area contributed by atoms with E-state index in [1.807, 2.05) is 13.8 Å². The molecule has 2 nitrogen and oxygen atoms in total. The molecule has 0 aromatic carbocycles. The summed E-state index contributed by atoms with van der Waals surface area (Å²) < 4.78 is 0. The van der Waals surface area contributed by atoms with E-state index >= 15 is 0 Å². The molecule has 94 valence electrons. The second-order valence-corrected chi connectivity index (χ2v) is 6.81. The van der Waals surface area contributed by atoms with Gasteiger partial charge in [-0.15, -0.1) is 11.3 Å². The molecule has 0 aliphatic heterocycles. The number of hydrogen-bond donors (Lipinski definition) is 1. The fraction of sp³-hybridized carbons (Fsp3) is 0.615. The molecule has 1 aliphatic rings. The summed E-state index contributed by atoms with van der Waals surface area (Å²) in [7, 11) is 0. The Hall–Kier alpha value is -0.350. The van der Waals surface area contributed by atoms with Crippen LogP contribution >= 0.6 is 27.3 Å². The van der Waals surface area contributed by atoms with Crippen LogP contribution in [-0.4, -0.2) is 16.8 Å². The molecule has 0 bridgehead atoms. The summed E-state index contributed by atoms with van der Waals surface area (Å²) in [5.41, 5.74) is 1.08. The van der Waals surface area contributed by atoms with Crippen LogP contribution in [0.2, 0.25) is 0 Å². The first-order valence-electron chi connectivity index (χ1n) is 5.98. The number of alkyl halides is 1. The number of hydrogen-bond acceptors (Lipinski definition) is 2. The lowest BCUT2D eigenvalue weighted by molar-refractivity contribution is -0.124. The summed E-state index contributed by atoms with van der Waals surface area (Å²) in [5.74, 6) is 0.233. The lowest BCUT2D eigenvalue weighted by Crippen LogP contribution is -2.47. The van der Waals surface area contributed by atoms with Gasteiger partial charge in [0.25, 0.3) is 0 Å². The Morgan fingerprint density at radius 2 is 2.41 bits per heavy atom. The number of nitrogens with one attached hydrogen (secondary N) is 1. The van der Waals surface area contributed by atoms with Crippen LogP contribution in [0, 0.1) is 0 Å². The molecule has 0 saturated carbocycles. The van der Waals surface area contributed by atoms with Gasteiger partial charge in [-0.25, -0.2) is 0 Å². The Bertz CT molecular complexity index is 413. The molecule has 0 fully saturated rings. The monoisotopic (exact) mass is 315 g/mol. The molecule has 1 amide bonds. The van der Waals surface area contributed by atoms with Crippen molar-refractivity contribution in [3.8, 4) is 0 Å². The molecule has 1 N–H and O–H groups in total. The minimum absolute atomic E-state index is 0.0586. The van der Waals surface area contributed by atoms with Crippen molar-refractivity contribution < 1.29 is 4.79 Å². The fourth-order valence-corrected chi connectivity index (χ4v) is 3.34. The number of rotatable bonds is 3. The van der Waals surface area contributed by atoms with Crippen molar-refractivity contribution in [2.45, 2.75) is 44.6 Å². The number of fused-ring (bicyclic) bond motifs is 1. The van der Waals surface area contributed by atoms with Crippen LogP contribution in [0.1, 0.15) is 43.0 Å². The van der Waals surface area contributed by atoms with Crippen molar-refractivity contribution >= 4 is 33.2 Å². The van der Waals surface area contributed by atoms with Crippen LogP contribution in [0.25, 0.3) is 0 Å². The van der Waals surface area contributed by atoms with Gasteiger partial charge < -0.3 is 5.32 Å². The van der Waals surface area contributed by atoms with Gasteiger partial charge in [0.2, 0.25) is 5.91 Å². The summed E-state index contributed by atoms with van der Waals surface area (Å²) in [6.07, 6.45) is 3.24. The smallest absolute Gasteiger partial charge is 0.228 e. The van der Waals surface area contributed by atoms with Crippen molar-refractivity contribution in [3.63, 3.8) is 0 Å². The van der Waals surface area contributed by atoms with Gasteiger partial charge >= 0.3 is 0 Å². The van der Waals surface area contributed by atoms with Gasteiger partial charge in [-0.1, -0.05) is 15.9 Å². The van der Waals surface area contributed by atoms with Crippen LogP contribution in [0.3, 0.4) is 0 Å². The molecule has 1 atom stereocenters. The van der Waals surface area contributed by atoms with Crippen molar-refractivity contribution in [3.05, 3.63) is 21.9 Å². The summed E-state index contributed by atoms with van der Waals surface area (Å²) in [6.45, 7) is 4.08. The third-order valence-electron chi connectivity index (χ3n) is 3.16. The minimum Gasteiger partial charge on any atom is -0.350 e. The average molecular weight is 316 g/mol. The van der Waals surface area contributed by atoms with Crippen molar-refractivity contribution in [1.82, 2.24) is 5.32 Å². The zero-order chi connectivity index (χ0) is 12.5. The van der Waals surface area contributed by atoms with Crippen LogP contribution < -0.4 is 5.32 Å². The normalized spacial score (nSPS) is 19.8. The standard InChI is InChI=1S/C13H18BrNOS/c1-13(2,8-14)15-12(16)10-4-3-5-11-9(10)6-7-17-11/h6-7,10H,3-5,8H2,1-2H3,(H,15,16). The molecule has 0 saturated heterocycles. The molecular weight excluding hydrogens is 298 g/mol. The molecule has 1 unspecified atom stereocenters. The summed E-state index contributed by atoms with van der Waals surface area (Å²) >= 11 is 5.22. The zero-order valence-electron chi connectivity index (χ0n) is 10.3. The summed E-state index contributed by atoms with van der Waals surface area (Å²) in [4.78, 5) is 13.7. The largest absolute Gasteiger partial charge is 0.350 e. The fourth-order valence-electron chi connectivity index (χ4n) is 2.21. The van der Waals surface area contributed by atoms with E-state index < -0.39 is 0 Å². The first kappa shape index (κ1) is 13.1. The highest BCUT2D eigenvalue weighted by Crippen LogP contribution is 2.35. The molecule has 1 aromatic rings. The van der Waals surface area contributed by atoms with Crippen molar-refractivity contribution in [1.29, 1.82) is 0 Å². The molecular formula is C13H18BrNOS.